The third-order valence-electron chi connectivity index (χ3n) is 1.51. The van der Waals surface area contributed by atoms with E-state index < -0.39 is 6.10 Å². The maximum absolute atomic E-state index is 8.52. The first-order chi connectivity index (χ1) is 6.70. The zero-order valence-corrected chi connectivity index (χ0v) is 8.43. The van der Waals surface area contributed by atoms with Crippen molar-refractivity contribution < 1.29 is 15.3 Å². The zero-order chi connectivity index (χ0) is 10.8. The molecule has 0 aliphatic heterocycles. The molecule has 0 saturated heterocycles. The van der Waals surface area contributed by atoms with Crippen LogP contribution in [0.3, 0.4) is 0 Å². The smallest absolute Gasteiger partial charge is 0.0742 e. The van der Waals surface area contributed by atoms with Gasteiger partial charge in [-0.05, 0) is 18.9 Å². The van der Waals surface area contributed by atoms with Crippen LogP contribution in [0, 0.1) is 0 Å². The number of aliphatic hydroxyl groups is 3. The second kappa shape index (κ2) is 8.69. The largest absolute Gasteiger partial charge is 0.396 e. The molecule has 0 aliphatic rings. The second-order valence-electron chi connectivity index (χ2n) is 2.99. The van der Waals surface area contributed by atoms with Crippen molar-refractivity contribution in [3.63, 3.8) is 0 Å². The third kappa shape index (κ3) is 7.73. The van der Waals surface area contributed by atoms with E-state index in [1.165, 1.54) is 12.5 Å². The lowest BCUT2D eigenvalue weighted by molar-refractivity contribution is 0.110. The molecule has 3 N–H and O–H groups in total. The Hall–Kier alpha value is -0.900. The van der Waals surface area contributed by atoms with Crippen molar-refractivity contribution in [2.45, 2.75) is 19.4 Å². The molecule has 0 amide bonds. The fourth-order valence-electron chi connectivity index (χ4n) is 0.774. The Labute approximate surface area is 84.6 Å². The number of aliphatic hydroxyl groups excluding tert-OH is 3. The molecule has 1 rings (SSSR count). The zero-order valence-electron chi connectivity index (χ0n) is 8.43. The first kappa shape index (κ1) is 13.1. The standard InChI is InChI=1S/C8H10O.C3H8O2/c9-7-6-8-4-2-1-3-5-8;1-3(5)2-4/h1-5,9H,6-7H2;3-5H,2H2,1H3. The van der Waals surface area contributed by atoms with E-state index >= 15 is 0 Å². The number of rotatable bonds is 3. The van der Waals surface area contributed by atoms with Crippen LogP contribution < -0.4 is 0 Å². The summed E-state index contributed by atoms with van der Waals surface area (Å²) in [6.45, 7) is 1.63. The molecule has 1 aromatic carbocycles. The monoisotopic (exact) mass is 198 g/mol. The quantitative estimate of drug-likeness (QED) is 0.666. The van der Waals surface area contributed by atoms with Crippen LogP contribution in [0.2, 0.25) is 0 Å². The van der Waals surface area contributed by atoms with Crippen LogP contribution in [0.4, 0.5) is 0 Å². The number of hydrogen-bond acceptors (Lipinski definition) is 3. The highest BCUT2D eigenvalue weighted by Crippen LogP contribution is 1.97. The summed E-state index contributed by atoms with van der Waals surface area (Å²) in [5, 5.41) is 24.5. The van der Waals surface area contributed by atoms with E-state index in [1.807, 2.05) is 30.3 Å². The van der Waals surface area contributed by atoms with Crippen molar-refractivity contribution in [2.75, 3.05) is 13.2 Å². The lowest BCUT2D eigenvalue weighted by Crippen LogP contribution is -2.03. The Morgan fingerprint density at radius 2 is 1.64 bits per heavy atom. The average molecular weight is 198 g/mol. The van der Waals surface area contributed by atoms with Crippen LogP contribution >= 0.6 is 0 Å². The minimum atomic E-state index is -0.560. The van der Waals surface area contributed by atoms with E-state index in [1.54, 1.807) is 0 Å². The molecule has 1 aromatic rings. The molecule has 0 fully saturated rings. The first-order valence-corrected chi connectivity index (χ1v) is 4.64. The molecule has 0 spiro atoms. The summed E-state index contributed by atoms with van der Waals surface area (Å²) >= 11 is 0. The molecule has 0 saturated carbocycles. The molecule has 0 aliphatic carbocycles. The van der Waals surface area contributed by atoms with Crippen molar-refractivity contribution in [3.8, 4) is 0 Å². The van der Waals surface area contributed by atoms with E-state index in [4.69, 9.17) is 15.3 Å². The van der Waals surface area contributed by atoms with Crippen LogP contribution in [0.5, 0.6) is 0 Å². The highest BCUT2D eigenvalue weighted by atomic mass is 16.3. The Balaban J connectivity index is 0.000000292. The fourth-order valence-corrected chi connectivity index (χ4v) is 0.774. The molecule has 1 atom stereocenters. The Morgan fingerprint density at radius 1 is 1.14 bits per heavy atom. The summed E-state index contributed by atoms with van der Waals surface area (Å²) in [4.78, 5) is 0. The number of hydrogen-bond donors (Lipinski definition) is 3. The van der Waals surface area contributed by atoms with E-state index in [-0.39, 0.29) is 13.2 Å². The van der Waals surface area contributed by atoms with Gasteiger partial charge in [0.05, 0.1) is 12.7 Å². The Kier molecular flexibility index (Phi) is 8.13. The van der Waals surface area contributed by atoms with Crippen molar-refractivity contribution in [3.05, 3.63) is 35.9 Å². The van der Waals surface area contributed by atoms with Gasteiger partial charge in [-0.2, -0.15) is 0 Å². The highest BCUT2D eigenvalue weighted by Gasteiger charge is 1.85. The van der Waals surface area contributed by atoms with Gasteiger partial charge >= 0.3 is 0 Å². The molecule has 1 unspecified atom stereocenters. The average Bonchev–Trinajstić information content (AvgIpc) is 2.21. The van der Waals surface area contributed by atoms with Crippen molar-refractivity contribution >= 4 is 0 Å². The van der Waals surface area contributed by atoms with Gasteiger partial charge in [0.2, 0.25) is 0 Å². The van der Waals surface area contributed by atoms with Crippen LogP contribution in [0.25, 0.3) is 0 Å². The molecule has 80 valence electrons. The summed E-state index contributed by atoms with van der Waals surface area (Å²) in [5.41, 5.74) is 1.19. The van der Waals surface area contributed by atoms with Gasteiger partial charge in [0.15, 0.2) is 0 Å². The summed E-state index contributed by atoms with van der Waals surface area (Å²) in [7, 11) is 0. The van der Waals surface area contributed by atoms with Gasteiger partial charge in [-0.15, -0.1) is 0 Å². The maximum atomic E-state index is 8.52. The Morgan fingerprint density at radius 3 is 2.00 bits per heavy atom. The van der Waals surface area contributed by atoms with Gasteiger partial charge in [0.25, 0.3) is 0 Å². The Bertz CT molecular complexity index is 209. The normalized spacial score (nSPS) is 11.4. The topological polar surface area (TPSA) is 60.7 Å². The van der Waals surface area contributed by atoms with Crippen molar-refractivity contribution in [2.24, 2.45) is 0 Å². The number of benzene rings is 1. The highest BCUT2D eigenvalue weighted by molar-refractivity contribution is 5.14. The lowest BCUT2D eigenvalue weighted by atomic mass is 10.2. The van der Waals surface area contributed by atoms with Gasteiger partial charge < -0.3 is 15.3 Å². The van der Waals surface area contributed by atoms with Crippen molar-refractivity contribution in [1.29, 1.82) is 0 Å². The van der Waals surface area contributed by atoms with Crippen LogP contribution in [0.15, 0.2) is 30.3 Å². The van der Waals surface area contributed by atoms with Gasteiger partial charge in [0, 0.05) is 6.61 Å². The predicted molar refractivity (Wildman–Crippen MR) is 56.0 cm³/mol. The molecular formula is C11H18O3. The minimum Gasteiger partial charge on any atom is -0.396 e. The molecular weight excluding hydrogens is 180 g/mol. The van der Waals surface area contributed by atoms with Crippen LogP contribution in [-0.4, -0.2) is 34.6 Å². The van der Waals surface area contributed by atoms with E-state index in [9.17, 15) is 0 Å². The second-order valence-corrected chi connectivity index (χ2v) is 2.99. The summed E-state index contributed by atoms with van der Waals surface area (Å²) in [6.07, 6.45) is 0.205. The first-order valence-electron chi connectivity index (χ1n) is 4.64. The van der Waals surface area contributed by atoms with Crippen molar-refractivity contribution in [1.82, 2.24) is 0 Å². The van der Waals surface area contributed by atoms with E-state index in [0.29, 0.717) is 0 Å². The van der Waals surface area contributed by atoms with Gasteiger partial charge in [0.1, 0.15) is 0 Å². The van der Waals surface area contributed by atoms with Gasteiger partial charge in [-0.25, -0.2) is 0 Å². The van der Waals surface area contributed by atoms with Crippen LogP contribution in [-0.2, 0) is 6.42 Å². The van der Waals surface area contributed by atoms with Gasteiger partial charge in [-0.1, -0.05) is 30.3 Å². The SMILES string of the molecule is CC(O)CO.OCCc1ccccc1. The van der Waals surface area contributed by atoms with E-state index in [0.717, 1.165) is 6.42 Å². The lowest BCUT2D eigenvalue weighted by Gasteiger charge is -1.93. The molecule has 0 heterocycles. The van der Waals surface area contributed by atoms with E-state index in [2.05, 4.69) is 0 Å². The molecule has 0 bridgehead atoms. The molecule has 0 aromatic heterocycles. The molecule has 14 heavy (non-hydrogen) atoms. The molecule has 3 nitrogen and oxygen atoms in total. The molecule has 3 heteroatoms. The third-order valence-corrected chi connectivity index (χ3v) is 1.51. The van der Waals surface area contributed by atoms with Gasteiger partial charge in [-0.3, -0.25) is 0 Å². The summed E-state index contributed by atoms with van der Waals surface area (Å²) in [6, 6.07) is 9.95. The summed E-state index contributed by atoms with van der Waals surface area (Å²) < 4.78 is 0. The maximum Gasteiger partial charge on any atom is 0.0742 e. The van der Waals surface area contributed by atoms with Crippen LogP contribution in [0.1, 0.15) is 12.5 Å². The summed E-state index contributed by atoms with van der Waals surface area (Å²) in [5.74, 6) is 0. The fraction of sp³-hybridized carbons (Fsp3) is 0.455. The minimum absolute atomic E-state index is 0.139. The molecule has 0 radical (unpaired) electrons. The predicted octanol–water partition coefficient (Wildman–Crippen LogP) is 0.581.